The number of carbonyl (C=O) groups excluding carboxylic acids is 2. The number of fused-ring (bicyclic) bond motifs is 1. The highest BCUT2D eigenvalue weighted by Crippen LogP contribution is 2.35. The predicted molar refractivity (Wildman–Crippen MR) is 145 cm³/mol. The Labute approximate surface area is 223 Å². The summed E-state index contributed by atoms with van der Waals surface area (Å²) in [5, 5.41) is 2.81. The van der Waals surface area contributed by atoms with Gasteiger partial charge < -0.3 is 19.7 Å². The van der Waals surface area contributed by atoms with Gasteiger partial charge in [0.25, 0.3) is 11.8 Å². The molecule has 4 rings (SSSR count). The molecule has 0 aromatic heterocycles. The summed E-state index contributed by atoms with van der Waals surface area (Å²) < 4.78 is 37.0. The van der Waals surface area contributed by atoms with Crippen molar-refractivity contribution in [2.45, 2.75) is 24.7 Å². The summed E-state index contributed by atoms with van der Waals surface area (Å²) in [4.78, 5) is 27.2. The molecular weight excluding hydrogens is 506 g/mol. The largest absolute Gasteiger partial charge is 0.494 e. The minimum absolute atomic E-state index is 0.0553. The molecule has 0 aliphatic carbocycles. The van der Waals surface area contributed by atoms with Crippen LogP contribution in [-0.4, -0.2) is 58.4 Å². The molecule has 0 saturated carbocycles. The number of carbonyl (C=O) groups is 2. The van der Waals surface area contributed by atoms with E-state index in [-0.39, 0.29) is 17.4 Å². The SMILES string of the molecule is CCc1ccc(OCCCN2C(=O)COc3ccc(NC(=O)c4ccc(S(=O)(=O)N(C)C)cc4)cc32)cc1. The minimum Gasteiger partial charge on any atom is -0.494 e. The van der Waals surface area contributed by atoms with E-state index < -0.39 is 15.9 Å². The van der Waals surface area contributed by atoms with Crippen molar-refractivity contribution < 1.29 is 27.5 Å². The third-order valence-electron chi connectivity index (χ3n) is 6.18. The van der Waals surface area contributed by atoms with Crippen LogP contribution in [0, 0.1) is 0 Å². The first-order valence-electron chi connectivity index (χ1n) is 12.3. The number of sulfonamides is 1. The number of benzene rings is 3. The van der Waals surface area contributed by atoms with Gasteiger partial charge in [0.1, 0.15) is 11.5 Å². The van der Waals surface area contributed by atoms with Gasteiger partial charge in [-0.25, -0.2) is 12.7 Å². The minimum atomic E-state index is -3.59. The maximum absolute atomic E-state index is 12.8. The molecule has 10 heteroatoms. The Morgan fingerprint density at radius 3 is 2.42 bits per heavy atom. The molecular formula is C28H31N3O6S. The first kappa shape index (κ1) is 27.2. The van der Waals surface area contributed by atoms with Crippen LogP contribution in [0.1, 0.15) is 29.3 Å². The van der Waals surface area contributed by atoms with Crippen LogP contribution in [0.3, 0.4) is 0 Å². The summed E-state index contributed by atoms with van der Waals surface area (Å²) in [6.45, 7) is 2.92. The smallest absolute Gasteiger partial charge is 0.265 e. The molecule has 3 aromatic rings. The van der Waals surface area contributed by atoms with Crippen LogP contribution in [0.5, 0.6) is 11.5 Å². The molecule has 1 aliphatic rings. The number of nitrogens with one attached hydrogen (secondary N) is 1. The molecule has 0 unspecified atom stereocenters. The molecule has 0 bridgehead atoms. The van der Waals surface area contributed by atoms with Gasteiger partial charge in [0.15, 0.2) is 6.61 Å². The zero-order valence-corrected chi connectivity index (χ0v) is 22.5. The normalized spacial score (nSPS) is 13.2. The van der Waals surface area contributed by atoms with Crippen LogP contribution in [0.2, 0.25) is 0 Å². The average molecular weight is 538 g/mol. The summed E-state index contributed by atoms with van der Waals surface area (Å²) in [6, 6.07) is 18.8. The van der Waals surface area contributed by atoms with Crippen LogP contribution in [0.25, 0.3) is 0 Å². The van der Waals surface area contributed by atoms with E-state index in [1.54, 1.807) is 23.1 Å². The van der Waals surface area contributed by atoms with Gasteiger partial charge in [0.05, 0.1) is 17.2 Å². The molecule has 1 aliphatic heterocycles. The van der Waals surface area contributed by atoms with Crippen LogP contribution in [-0.2, 0) is 21.2 Å². The molecule has 9 nitrogen and oxygen atoms in total. The molecule has 0 saturated heterocycles. The highest BCUT2D eigenvalue weighted by atomic mass is 32.2. The van der Waals surface area contributed by atoms with E-state index in [0.29, 0.717) is 42.3 Å². The maximum atomic E-state index is 12.8. The number of nitrogens with zero attached hydrogens (tertiary/aromatic N) is 2. The van der Waals surface area contributed by atoms with E-state index in [4.69, 9.17) is 9.47 Å². The zero-order chi connectivity index (χ0) is 27.3. The molecule has 2 amide bonds. The van der Waals surface area contributed by atoms with Crippen LogP contribution in [0.4, 0.5) is 11.4 Å². The highest BCUT2D eigenvalue weighted by molar-refractivity contribution is 7.89. The second-order valence-corrected chi connectivity index (χ2v) is 11.1. The van der Waals surface area contributed by atoms with Crippen molar-refractivity contribution >= 4 is 33.2 Å². The summed E-state index contributed by atoms with van der Waals surface area (Å²) in [5.41, 5.74) is 2.59. The van der Waals surface area contributed by atoms with Crippen molar-refractivity contribution in [2.75, 3.05) is 44.1 Å². The lowest BCUT2D eigenvalue weighted by Gasteiger charge is -2.30. The van der Waals surface area contributed by atoms with Gasteiger partial charge in [-0.1, -0.05) is 19.1 Å². The average Bonchev–Trinajstić information content (AvgIpc) is 2.92. The van der Waals surface area contributed by atoms with E-state index in [0.717, 1.165) is 16.5 Å². The lowest BCUT2D eigenvalue weighted by molar-refractivity contribution is -0.121. The number of rotatable bonds is 10. The Morgan fingerprint density at radius 2 is 1.76 bits per heavy atom. The molecule has 0 atom stereocenters. The second kappa shape index (κ2) is 11.7. The molecule has 0 spiro atoms. The fourth-order valence-electron chi connectivity index (χ4n) is 3.95. The molecule has 1 heterocycles. The van der Waals surface area contributed by atoms with Gasteiger partial charge in [0, 0.05) is 31.9 Å². The van der Waals surface area contributed by atoms with E-state index in [9.17, 15) is 18.0 Å². The fourth-order valence-corrected chi connectivity index (χ4v) is 4.85. The van der Waals surface area contributed by atoms with Gasteiger partial charge in [-0.15, -0.1) is 0 Å². The molecule has 200 valence electrons. The van der Waals surface area contributed by atoms with E-state index in [2.05, 4.69) is 12.2 Å². The topological polar surface area (TPSA) is 105 Å². The standard InChI is InChI=1S/C28H31N3O6S/c1-4-20-6-11-23(12-7-20)36-17-5-16-31-25-18-22(10-15-26(25)37-19-27(31)32)29-28(33)21-8-13-24(14-9-21)38(34,35)30(2)3/h6-15,18H,4-5,16-17,19H2,1-3H3,(H,29,33). The summed E-state index contributed by atoms with van der Waals surface area (Å²) in [6.07, 6.45) is 1.58. The number of anilines is 2. The Hall–Kier alpha value is -3.89. The molecule has 1 N–H and O–H groups in total. The Morgan fingerprint density at radius 1 is 1.05 bits per heavy atom. The summed E-state index contributed by atoms with van der Waals surface area (Å²) >= 11 is 0. The molecule has 38 heavy (non-hydrogen) atoms. The summed E-state index contributed by atoms with van der Waals surface area (Å²) in [5.74, 6) is 0.756. The number of aryl methyl sites for hydroxylation is 1. The number of hydrogen-bond acceptors (Lipinski definition) is 6. The van der Waals surface area contributed by atoms with Gasteiger partial charge in [-0.05, 0) is 73.0 Å². The Kier molecular flexibility index (Phi) is 8.33. The Bertz CT molecular complexity index is 1400. The molecule has 3 aromatic carbocycles. The predicted octanol–water partition coefficient (Wildman–Crippen LogP) is 3.95. The first-order valence-corrected chi connectivity index (χ1v) is 13.8. The third kappa shape index (κ3) is 6.15. The number of amides is 2. The first-order chi connectivity index (χ1) is 18.2. The van der Waals surface area contributed by atoms with Crippen molar-refractivity contribution in [2.24, 2.45) is 0 Å². The maximum Gasteiger partial charge on any atom is 0.265 e. The van der Waals surface area contributed by atoms with Crippen molar-refractivity contribution in [3.63, 3.8) is 0 Å². The lowest BCUT2D eigenvalue weighted by atomic mass is 10.1. The van der Waals surface area contributed by atoms with Crippen LogP contribution < -0.4 is 19.7 Å². The van der Waals surface area contributed by atoms with Crippen molar-refractivity contribution in [1.29, 1.82) is 0 Å². The second-order valence-electron chi connectivity index (χ2n) is 8.98. The van der Waals surface area contributed by atoms with Gasteiger partial charge in [-0.2, -0.15) is 0 Å². The molecule has 0 radical (unpaired) electrons. The van der Waals surface area contributed by atoms with Crippen molar-refractivity contribution in [3.05, 3.63) is 77.9 Å². The summed E-state index contributed by atoms with van der Waals surface area (Å²) in [7, 11) is -0.694. The Balaban J connectivity index is 1.40. The van der Waals surface area contributed by atoms with Gasteiger partial charge in [0.2, 0.25) is 10.0 Å². The quantitative estimate of drug-likeness (QED) is 0.393. The monoisotopic (exact) mass is 537 g/mol. The fraction of sp³-hybridized carbons (Fsp3) is 0.286. The van der Waals surface area contributed by atoms with E-state index in [1.807, 2.05) is 24.3 Å². The highest BCUT2D eigenvalue weighted by Gasteiger charge is 2.26. The van der Waals surface area contributed by atoms with Crippen LogP contribution >= 0.6 is 0 Å². The number of hydrogen-bond donors (Lipinski definition) is 1. The van der Waals surface area contributed by atoms with Gasteiger partial charge in [-0.3, -0.25) is 9.59 Å². The van der Waals surface area contributed by atoms with Crippen LogP contribution in [0.15, 0.2) is 71.6 Å². The van der Waals surface area contributed by atoms with Crippen molar-refractivity contribution in [1.82, 2.24) is 4.31 Å². The molecule has 0 fully saturated rings. The van der Waals surface area contributed by atoms with E-state index >= 15 is 0 Å². The van der Waals surface area contributed by atoms with E-state index in [1.165, 1.54) is 43.9 Å². The number of ether oxygens (including phenoxy) is 2. The zero-order valence-electron chi connectivity index (χ0n) is 21.6. The van der Waals surface area contributed by atoms with Gasteiger partial charge >= 0.3 is 0 Å². The van der Waals surface area contributed by atoms with Crippen molar-refractivity contribution in [3.8, 4) is 11.5 Å². The third-order valence-corrected chi connectivity index (χ3v) is 8.01. The lowest BCUT2D eigenvalue weighted by Crippen LogP contribution is -2.39.